The van der Waals surface area contributed by atoms with Gasteiger partial charge >= 0.3 is 6.18 Å². The van der Waals surface area contributed by atoms with Gasteiger partial charge in [0.15, 0.2) is 0 Å². The highest BCUT2D eigenvalue weighted by molar-refractivity contribution is 9.10. The number of phenolic OH excluding ortho intramolecular Hbond substituents is 1. The van der Waals surface area contributed by atoms with Gasteiger partial charge in [-0.05, 0) is 34.5 Å². The fraction of sp³-hybridized carbons (Fsp3) is 0.455. The summed E-state index contributed by atoms with van der Waals surface area (Å²) in [6, 6.07) is 1.27. The Labute approximate surface area is 118 Å². The van der Waals surface area contributed by atoms with Crippen LogP contribution in [0.5, 0.6) is 5.75 Å². The third kappa shape index (κ3) is 3.76. The predicted octanol–water partition coefficient (Wildman–Crippen LogP) is 4.40. The van der Waals surface area contributed by atoms with Gasteiger partial charge in [-0.15, -0.1) is 12.4 Å². The maximum atomic E-state index is 12.8. The van der Waals surface area contributed by atoms with E-state index in [0.717, 1.165) is 6.07 Å². The standard InChI is InChI=1S/C11H13BrF3NO.ClH/c1-2-3-8(16)9-6(11(13,14)15)4-5-7(12)10(9)17;/h4-5,8,17H,2-3,16H2,1H3;1H/t8-;/m0./s1. The van der Waals surface area contributed by atoms with Gasteiger partial charge < -0.3 is 10.8 Å². The van der Waals surface area contributed by atoms with Crippen molar-refractivity contribution >= 4 is 28.3 Å². The highest BCUT2D eigenvalue weighted by Gasteiger charge is 2.36. The van der Waals surface area contributed by atoms with Crippen molar-refractivity contribution < 1.29 is 18.3 Å². The van der Waals surface area contributed by atoms with Gasteiger partial charge in [-0.1, -0.05) is 13.3 Å². The summed E-state index contributed by atoms with van der Waals surface area (Å²) >= 11 is 2.99. The average Bonchev–Trinajstić information content (AvgIpc) is 2.20. The van der Waals surface area contributed by atoms with E-state index in [-0.39, 0.29) is 22.4 Å². The Bertz CT molecular complexity index is 412. The van der Waals surface area contributed by atoms with E-state index in [1.165, 1.54) is 6.07 Å². The van der Waals surface area contributed by atoms with Crippen molar-refractivity contribution in [2.45, 2.75) is 32.0 Å². The minimum atomic E-state index is -4.52. The molecule has 0 aromatic heterocycles. The van der Waals surface area contributed by atoms with Gasteiger partial charge in [-0.25, -0.2) is 0 Å². The first kappa shape index (κ1) is 17.5. The normalized spacial score (nSPS) is 13.0. The molecule has 1 aromatic carbocycles. The third-order valence-electron chi connectivity index (χ3n) is 2.44. The van der Waals surface area contributed by atoms with E-state index >= 15 is 0 Å². The highest BCUT2D eigenvalue weighted by Crippen LogP contribution is 2.42. The summed E-state index contributed by atoms with van der Waals surface area (Å²) in [7, 11) is 0. The van der Waals surface area contributed by atoms with Crippen molar-refractivity contribution in [1.82, 2.24) is 0 Å². The number of rotatable bonds is 3. The summed E-state index contributed by atoms with van der Waals surface area (Å²) in [4.78, 5) is 0. The van der Waals surface area contributed by atoms with Crippen LogP contribution in [0.2, 0.25) is 0 Å². The molecule has 1 aromatic rings. The minimum absolute atomic E-state index is 0. The molecule has 104 valence electrons. The van der Waals surface area contributed by atoms with Gasteiger partial charge in [0.25, 0.3) is 0 Å². The quantitative estimate of drug-likeness (QED) is 0.850. The van der Waals surface area contributed by atoms with E-state index in [4.69, 9.17) is 5.73 Å². The summed E-state index contributed by atoms with van der Waals surface area (Å²) in [6.45, 7) is 1.82. The first-order chi connectivity index (χ1) is 7.79. The van der Waals surface area contributed by atoms with Crippen LogP contribution >= 0.6 is 28.3 Å². The lowest BCUT2D eigenvalue weighted by Crippen LogP contribution is -2.17. The molecular weight excluding hydrogens is 334 g/mol. The number of hydrogen-bond donors (Lipinski definition) is 2. The van der Waals surface area contributed by atoms with Crippen molar-refractivity contribution in [2.24, 2.45) is 5.73 Å². The Kier molecular flexibility index (Phi) is 6.46. The van der Waals surface area contributed by atoms with E-state index in [0.29, 0.717) is 12.8 Å². The van der Waals surface area contributed by atoms with Crippen LogP contribution in [0, 0.1) is 0 Å². The van der Waals surface area contributed by atoms with Crippen molar-refractivity contribution in [2.75, 3.05) is 0 Å². The summed E-state index contributed by atoms with van der Waals surface area (Å²) in [5, 5.41) is 9.71. The maximum Gasteiger partial charge on any atom is 0.416 e. The van der Waals surface area contributed by atoms with Gasteiger partial charge in [-0.3, -0.25) is 0 Å². The second kappa shape index (κ2) is 6.63. The number of aromatic hydroxyl groups is 1. The zero-order valence-electron chi connectivity index (χ0n) is 9.59. The molecule has 0 fully saturated rings. The average molecular weight is 349 g/mol. The van der Waals surface area contributed by atoms with Crippen LogP contribution in [0.1, 0.15) is 36.9 Å². The molecule has 0 amide bonds. The summed E-state index contributed by atoms with van der Waals surface area (Å²) in [5.74, 6) is -0.430. The number of benzene rings is 1. The largest absolute Gasteiger partial charge is 0.506 e. The van der Waals surface area contributed by atoms with E-state index in [9.17, 15) is 18.3 Å². The fourth-order valence-electron chi connectivity index (χ4n) is 1.66. The molecule has 0 spiro atoms. The summed E-state index contributed by atoms with van der Waals surface area (Å²) in [5.41, 5.74) is 4.57. The third-order valence-corrected chi connectivity index (χ3v) is 3.08. The van der Waals surface area contributed by atoms with Crippen LogP contribution in [0.15, 0.2) is 16.6 Å². The smallest absolute Gasteiger partial charge is 0.416 e. The zero-order chi connectivity index (χ0) is 13.2. The lowest BCUT2D eigenvalue weighted by Gasteiger charge is -2.20. The Hall–Kier alpha value is -0.460. The Morgan fingerprint density at radius 1 is 1.39 bits per heavy atom. The zero-order valence-corrected chi connectivity index (χ0v) is 12.0. The molecule has 0 aliphatic carbocycles. The van der Waals surface area contributed by atoms with E-state index in [1.807, 2.05) is 6.92 Å². The van der Waals surface area contributed by atoms with Crippen LogP contribution in [0.4, 0.5) is 13.2 Å². The summed E-state index contributed by atoms with van der Waals surface area (Å²) < 4.78 is 38.6. The van der Waals surface area contributed by atoms with Crippen LogP contribution in [-0.4, -0.2) is 5.11 Å². The van der Waals surface area contributed by atoms with Crippen LogP contribution in [0.3, 0.4) is 0 Å². The molecule has 0 unspecified atom stereocenters. The first-order valence-electron chi connectivity index (χ1n) is 5.13. The Morgan fingerprint density at radius 3 is 2.39 bits per heavy atom. The van der Waals surface area contributed by atoms with Gasteiger partial charge in [-0.2, -0.15) is 13.2 Å². The predicted molar refractivity (Wildman–Crippen MR) is 69.9 cm³/mol. The maximum absolute atomic E-state index is 12.8. The topological polar surface area (TPSA) is 46.2 Å². The number of alkyl halides is 3. The molecule has 18 heavy (non-hydrogen) atoms. The van der Waals surface area contributed by atoms with Crippen LogP contribution in [-0.2, 0) is 6.18 Å². The first-order valence-corrected chi connectivity index (χ1v) is 5.92. The molecule has 0 saturated heterocycles. The monoisotopic (exact) mass is 347 g/mol. The number of phenols is 1. The van der Waals surface area contributed by atoms with Gasteiger partial charge in [0.2, 0.25) is 0 Å². The second-order valence-electron chi connectivity index (χ2n) is 3.75. The van der Waals surface area contributed by atoms with Crippen LogP contribution < -0.4 is 5.73 Å². The summed E-state index contributed by atoms with van der Waals surface area (Å²) in [6.07, 6.45) is -3.49. The van der Waals surface area contributed by atoms with Crippen molar-refractivity contribution in [3.63, 3.8) is 0 Å². The molecule has 0 aliphatic rings. The molecule has 7 heteroatoms. The molecule has 0 aliphatic heterocycles. The van der Waals surface area contributed by atoms with Crippen molar-refractivity contribution in [3.8, 4) is 5.75 Å². The number of nitrogens with two attached hydrogens (primary N) is 1. The van der Waals surface area contributed by atoms with Gasteiger partial charge in [0.05, 0.1) is 10.0 Å². The van der Waals surface area contributed by atoms with Gasteiger partial charge in [0.1, 0.15) is 5.75 Å². The molecule has 0 bridgehead atoms. The highest BCUT2D eigenvalue weighted by atomic mass is 79.9. The molecule has 0 radical (unpaired) electrons. The SMILES string of the molecule is CCC[C@H](N)c1c(C(F)(F)F)ccc(Br)c1O.Cl. The van der Waals surface area contributed by atoms with Crippen LogP contribution in [0.25, 0.3) is 0 Å². The van der Waals surface area contributed by atoms with E-state index in [1.54, 1.807) is 0 Å². The molecule has 2 nitrogen and oxygen atoms in total. The molecule has 0 saturated carbocycles. The number of halogens is 5. The molecule has 1 atom stereocenters. The molecular formula is C11H14BrClF3NO. The molecule has 3 N–H and O–H groups in total. The van der Waals surface area contributed by atoms with Crippen molar-refractivity contribution in [3.05, 3.63) is 27.7 Å². The minimum Gasteiger partial charge on any atom is -0.506 e. The Balaban J connectivity index is 0.00000289. The van der Waals surface area contributed by atoms with E-state index < -0.39 is 23.5 Å². The lowest BCUT2D eigenvalue weighted by molar-refractivity contribution is -0.138. The second-order valence-corrected chi connectivity index (χ2v) is 4.60. The fourth-order valence-corrected chi connectivity index (χ4v) is 2.01. The van der Waals surface area contributed by atoms with E-state index in [2.05, 4.69) is 15.9 Å². The molecule has 0 heterocycles. The molecule has 1 rings (SSSR count). The van der Waals surface area contributed by atoms with Crippen molar-refractivity contribution in [1.29, 1.82) is 0 Å². The Morgan fingerprint density at radius 2 is 1.94 bits per heavy atom. The lowest BCUT2D eigenvalue weighted by atomic mass is 9.96. The van der Waals surface area contributed by atoms with Gasteiger partial charge in [0, 0.05) is 11.6 Å². The number of hydrogen-bond acceptors (Lipinski definition) is 2.